The Labute approximate surface area is 112 Å². The van der Waals surface area contributed by atoms with Crippen molar-refractivity contribution >= 4 is 21.8 Å². The zero-order valence-electron chi connectivity index (χ0n) is 10.9. The molecule has 1 unspecified atom stereocenters. The van der Waals surface area contributed by atoms with Crippen LogP contribution in [0.15, 0.2) is 24.3 Å². The summed E-state index contributed by atoms with van der Waals surface area (Å²) in [5.74, 6) is -0.00116. The van der Waals surface area contributed by atoms with Gasteiger partial charge >= 0.3 is 0 Å². The molecule has 0 aliphatic rings. The highest BCUT2D eigenvalue weighted by molar-refractivity contribution is 9.09. The topological polar surface area (TPSA) is 29.1 Å². The first-order valence-corrected chi connectivity index (χ1v) is 6.84. The highest BCUT2D eigenvalue weighted by atomic mass is 79.9. The predicted molar refractivity (Wildman–Crippen MR) is 75.8 cm³/mol. The van der Waals surface area contributed by atoms with Gasteiger partial charge in [-0.3, -0.25) is 4.79 Å². The number of alkyl halides is 1. The minimum atomic E-state index is -0.266. The van der Waals surface area contributed by atoms with Crippen molar-refractivity contribution in [1.82, 2.24) is 5.32 Å². The van der Waals surface area contributed by atoms with Crippen molar-refractivity contribution in [1.29, 1.82) is 0 Å². The largest absolute Gasteiger partial charge is 0.346 e. The van der Waals surface area contributed by atoms with Gasteiger partial charge in [0.1, 0.15) is 0 Å². The van der Waals surface area contributed by atoms with E-state index in [0.29, 0.717) is 0 Å². The third-order valence-corrected chi connectivity index (χ3v) is 4.22. The molecule has 0 bridgehead atoms. The van der Waals surface area contributed by atoms with E-state index >= 15 is 0 Å². The molecule has 1 aromatic rings. The summed E-state index contributed by atoms with van der Waals surface area (Å²) < 4.78 is 0. The van der Waals surface area contributed by atoms with Gasteiger partial charge in [0, 0.05) is 15.9 Å². The van der Waals surface area contributed by atoms with E-state index in [1.165, 1.54) is 0 Å². The van der Waals surface area contributed by atoms with Crippen LogP contribution in [-0.4, -0.2) is 16.3 Å². The third-order valence-electron chi connectivity index (χ3n) is 3.07. The average molecular weight is 298 g/mol. The summed E-state index contributed by atoms with van der Waals surface area (Å²) >= 11 is 3.52. The van der Waals surface area contributed by atoms with Crippen LogP contribution in [0.3, 0.4) is 0 Å². The van der Waals surface area contributed by atoms with Gasteiger partial charge in [-0.2, -0.15) is 0 Å². The van der Waals surface area contributed by atoms with E-state index < -0.39 is 0 Å². The second-order valence-corrected chi connectivity index (χ2v) is 6.18. The summed E-state index contributed by atoms with van der Waals surface area (Å²) in [7, 11) is 0. The Bertz CT molecular complexity index is 399. The van der Waals surface area contributed by atoms with Crippen LogP contribution in [0, 0.1) is 0 Å². The molecule has 94 valence electrons. The van der Waals surface area contributed by atoms with Gasteiger partial charge in [0.15, 0.2) is 0 Å². The molecule has 1 rings (SSSR count). The quantitative estimate of drug-likeness (QED) is 0.846. The summed E-state index contributed by atoms with van der Waals surface area (Å²) in [6.45, 7) is 8.12. The number of aryl methyl sites for hydroxylation is 1. The van der Waals surface area contributed by atoms with Gasteiger partial charge in [-0.1, -0.05) is 48.0 Å². The summed E-state index contributed by atoms with van der Waals surface area (Å²) in [5, 5.41) is 3.06. The molecule has 3 heteroatoms. The van der Waals surface area contributed by atoms with Gasteiger partial charge in [-0.25, -0.2) is 0 Å². The maximum absolute atomic E-state index is 12.2. The lowest BCUT2D eigenvalue weighted by Crippen LogP contribution is -2.49. The molecule has 0 saturated heterocycles. The summed E-state index contributed by atoms with van der Waals surface area (Å²) in [6.07, 6.45) is 0.869. The fourth-order valence-electron chi connectivity index (χ4n) is 1.51. The van der Waals surface area contributed by atoms with E-state index in [2.05, 4.69) is 28.2 Å². The van der Waals surface area contributed by atoms with Crippen molar-refractivity contribution in [2.45, 2.75) is 44.5 Å². The van der Waals surface area contributed by atoms with Crippen LogP contribution >= 0.6 is 15.9 Å². The Morgan fingerprint density at radius 1 is 1.41 bits per heavy atom. The van der Waals surface area contributed by atoms with Gasteiger partial charge in [-0.15, -0.1) is 0 Å². The molecule has 1 N–H and O–H groups in total. The molecule has 0 aromatic heterocycles. The van der Waals surface area contributed by atoms with Gasteiger partial charge < -0.3 is 5.32 Å². The summed E-state index contributed by atoms with van der Waals surface area (Å²) in [6, 6.07) is 7.75. The normalized spacial score (nSPS) is 13.2. The Morgan fingerprint density at radius 3 is 2.53 bits per heavy atom. The Morgan fingerprint density at radius 2 is 2.00 bits per heavy atom. The molecule has 1 amide bonds. The molecule has 17 heavy (non-hydrogen) atoms. The van der Waals surface area contributed by atoms with Crippen LogP contribution in [0.1, 0.15) is 43.6 Å². The number of carbonyl (C=O) groups is 1. The fraction of sp³-hybridized carbons (Fsp3) is 0.500. The summed E-state index contributed by atoms with van der Waals surface area (Å²) in [4.78, 5) is 12.4. The van der Waals surface area contributed by atoms with E-state index in [4.69, 9.17) is 0 Å². The standard InChI is InChI=1S/C14H20BrNO/c1-5-11-8-6-7-9-12(11)13(17)16-14(3,4)10(2)15/h6-10H,5H2,1-4H3,(H,16,17). The van der Waals surface area contributed by atoms with Gasteiger partial charge in [-0.05, 0) is 31.9 Å². The molecule has 0 radical (unpaired) electrons. The molecule has 1 aromatic carbocycles. The molecule has 0 spiro atoms. The van der Waals surface area contributed by atoms with Gasteiger partial charge in [0.25, 0.3) is 5.91 Å². The number of carbonyl (C=O) groups excluding carboxylic acids is 1. The Balaban J connectivity index is 2.91. The third kappa shape index (κ3) is 3.56. The fourth-order valence-corrected chi connectivity index (χ4v) is 1.62. The van der Waals surface area contributed by atoms with Crippen molar-refractivity contribution in [3.05, 3.63) is 35.4 Å². The number of amides is 1. The lowest BCUT2D eigenvalue weighted by Gasteiger charge is -2.29. The van der Waals surface area contributed by atoms with Crippen molar-refractivity contribution in [2.24, 2.45) is 0 Å². The Kier molecular flexibility index (Phi) is 4.75. The summed E-state index contributed by atoms with van der Waals surface area (Å²) in [5.41, 5.74) is 1.59. The van der Waals surface area contributed by atoms with E-state index in [9.17, 15) is 4.79 Å². The van der Waals surface area contributed by atoms with Gasteiger partial charge in [0.05, 0.1) is 0 Å². The molecular weight excluding hydrogens is 278 g/mol. The number of nitrogens with one attached hydrogen (secondary N) is 1. The number of rotatable bonds is 4. The maximum Gasteiger partial charge on any atom is 0.252 e. The van der Waals surface area contributed by atoms with Gasteiger partial charge in [0.2, 0.25) is 0 Å². The molecule has 0 saturated carbocycles. The van der Waals surface area contributed by atoms with Crippen LogP contribution < -0.4 is 5.32 Å². The van der Waals surface area contributed by atoms with Crippen molar-refractivity contribution in [2.75, 3.05) is 0 Å². The van der Waals surface area contributed by atoms with Crippen molar-refractivity contribution < 1.29 is 4.79 Å². The lowest BCUT2D eigenvalue weighted by molar-refractivity contribution is 0.0913. The van der Waals surface area contributed by atoms with E-state index in [1.54, 1.807) is 0 Å². The SMILES string of the molecule is CCc1ccccc1C(=O)NC(C)(C)C(C)Br. The first-order valence-electron chi connectivity index (χ1n) is 5.93. The lowest BCUT2D eigenvalue weighted by atomic mass is 9.99. The van der Waals surface area contributed by atoms with E-state index in [0.717, 1.165) is 17.5 Å². The van der Waals surface area contributed by atoms with E-state index in [1.807, 2.05) is 45.0 Å². The smallest absolute Gasteiger partial charge is 0.252 e. The number of hydrogen-bond acceptors (Lipinski definition) is 1. The van der Waals surface area contributed by atoms with Crippen LogP contribution in [0.5, 0.6) is 0 Å². The van der Waals surface area contributed by atoms with Crippen LogP contribution in [-0.2, 0) is 6.42 Å². The zero-order valence-corrected chi connectivity index (χ0v) is 12.5. The molecule has 0 fully saturated rings. The molecular formula is C14H20BrNO. The highest BCUT2D eigenvalue weighted by Crippen LogP contribution is 2.18. The van der Waals surface area contributed by atoms with Crippen LogP contribution in [0.4, 0.5) is 0 Å². The zero-order chi connectivity index (χ0) is 13.1. The van der Waals surface area contributed by atoms with E-state index in [-0.39, 0.29) is 16.3 Å². The minimum Gasteiger partial charge on any atom is -0.346 e. The monoisotopic (exact) mass is 297 g/mol. The number of hydrogen-bond donors (Lipinski definition) is 1. The predicted octanol–water partition coefficient (Wildman–Crippen LogP) is 3.54. The first kappa shape index (κ1) is 14.2. The molecule has 2 nitrogen and oxygen atoms in total. The number of halogens is 1. The van der Waals surface area contributed by atoms with Crippen LogP contribution in [0.25, 0.3) is 0 Å². The van der Waals surface area contributed by atoms with Crippen molar-refractivity contribution in [3.63, 3.8) is 0 Å². The molecule has 0 aliphatic carbocycles. The highest BCUT2D eigenvalue weighted by Gasteiger charge is 2.26. The molecule has 0 aliphatic heterocycles. The Hall–Kier alpha value is -0.830. The molecule has 1 atom stereocenters. The van der Waals surface area contributed by atoms with Crippen molar-refractivity contribution in [3.8, 4) is 0 Å². The maximum atomic E-state index is 12.2. The second-order valence-electron chi connectivity index (χ2n) is 4.80. The average Bonchev–Trinajstić information content (AvgIpc) is 2.28. The minimum absolute atomic E-state index is 0.00116. The van der Waals surface area contributed by atoms with Crippen LogP contribution in [0.2, 0.25) is 0 Å². The number of benzene rings is 1. The second kappa shape index (κ2) is 5.67. The first-order chi connectivity index (χ1) is 7.88. The molecule has 0 heterocycles.